The lowest BCUT2D eigenvalue weighted by Crippen LogP contribution is -2.33. The van der Waals surface area contributed by atoms with Crippen molar-refractivity contribution in [1.29, 1.82) is 5.26 Å². The highest BCUT2D eigenvalue weighted by atomic mass is 16.5. The number of hydrogen-bond donors (Lipinski definition) is 0. The molecule has 2 unspecified atom stereocenters. The number of rotatable bonds is 8. The summed E-state index contributed by atoms with van der Waals surface area (Å²) in [5.74, 6) is 0. The molecular weight excluding hydrogens is 254 g/mol. The predicted octanol–water partition coefficient (Wildman–Crippen LogP) is 3.84. The molecule has 0 fully saturated rings. The lowest BCUT2D eigenvalue weighted by atomic mass is 10.1. The van der Waals surface area contributed by atoms with Crippen molar-refractivity contribution in [3.05, 3.63) is 30.3 Å². The topological polar surface area (TPSA) is 67.0 Å². The Balaban J connectivity index is 2.88. The molecule has 0 N–H and O–H groups in total. The number of hydrogen-bond acceptors (Lipinski definition) is 5. The summed E-state index contributed by atoms with van der Waals surface area (Å²) in [5.41, 5.74) is -0.602. The smallest absolute Gasteiger partial charge is 0.269 e. The molecule has 0 saturated heterocycles. The molecule has 5 heteroatoms. The Morgan fingerprint density at radius 1 is 1.25 bits per heavy atom. The summed E-state index contributed by atoms with van der Waals surface area (Å²) in [5, 5.41) is 17.6. The van der Waals surface area contributed by atoms with Crippen molar-refractivity contribution in [2.75, 3.05) is 13.2 Å². The molecule has 5 nitrogen and oxygen atoms in total. The summed E-state index contributed by atoms with van der Waals surface area (Å²) in [4.78, 5) is 0. The molecule has 0 aromatic heterocycles. The minimum absolute atomic E-state index is 0.124. The zero-order valence-corrected chi connectivity index (χ0v) is 12.2. The van der Waals surface area contributed by atoms with Gasteiger partial charge in [0, 0.05) is 19.6 Å². The fourth-order valence-corrected chi connectivity index (χ4v) is 1.83. The van der Waals surface area contributed by atoms with Crippen molar-refractivity contribution in [3.63, 3.8) is 0 Å². The van der Waals surface area contributed by atoms with Crippen LogP contribution in [0.1, 0.15) is 27.2 Å². The van der Waals surface area contributed by atoms with Crippen LogP contribution in [-0.4, -0.2) is 25.0 Å². The van der Waals surface area contributed by atoms with E-state index in [1.54, 1.807) is 0 Å². The fraction of sp³-hybridized carbons (Fsp3) is 0.533. The molecule has 0 aliphatic heterocycles. The van der Waals surface area contributed by atoms with E-state index in [4.69, 9.17) is 9.47 Å². The minimum Gasteiger partial charge on any atom is -0.379 e. The van der Waals surface area contributed by atoms with Gasteiger partial charge in [-0.05, 0) is 32.9 Å². The van der Waals surface area contributed by atoms with Crippen molar-refractivity contribution in [2.45, 2.75) is 39.0 Å². The highest BCUT2D eigenvalue weighted by Gasteiger charge is 2.33. The van der Waals surface area contributed by atoms with Gasteiger partial charge in [-0.2, -0.15) is 10.4 Å². The van der Waals surface area contributed by atoms with Crippen LogP contribution < -0.4 is 0 Å². The van der Waals surface area contributed by atoms with Crippen LogP contribution in [0.4, 0.5) is 5.69 Å². The second kappa shape index (κ2) is 8.41. The molecule has 1 rings (SSSR count). The third kappa shape index (κ3) is 5.08. The summed E-state index contributed by atoms with van der Waals surface area (Å²) >= 11 is 0. The first-order valence-corrected chi connectivity index (χ1v) is 6.80. The number of benzene rings is 1. The third-order valence-electron chi connectivity index (χ3n) is 2.66. The highest BCUT2D eigenvalue weighted by molar-refractivity contribution is 5.34. The quantitative estimate of drug-likeness (QED) is 0.677. The average molecular weight is 275 g/mol. The molecule has 0 aliphatic rings. The van der Waals surface area contributed by atoms with E-state index in [1.807, 2.05) is 51.1 Å². The van der Waals surface area contributed by atoms with Crippen molar-refractivity contribution in [2.24, 2.45) is 10.2 Å². The first kappa shape index (κ1) is 16.3. The van der Waals surface area contributed by atoms with Crippen molar-refractivity contribution in [1.82, 2.24) is 0 Å². The van der Waals surface area contributed by atoms with E-state index in [-0.39, 0.29) is 6.10 Å². The van der Waals surface area contributed by atoms with Crippen LogP contribution in [0.3, 0.4) is 0 Å². The minimum atomic E-state index is -1.29. The first-order chi connectivity index (χ1) is 9.65. The normalized spacial score (nSPS) is 15.7. The molecule has 0 heterocycles. The summed E-state index contributed by atoms with van der Waals surface area (Å²) in [6.45, 7) is 6.61. The highest BCUT2D eigenvalue weighted by Crippen LogP contribution is 2.24. The Hall–Kier alpha value is -1.77. The van der Waals surface area contributed by atoms with Gasteiger partial charge >= 0.3 is 0 Å². The zero-order valence-electron chi connectivity index (χ0n) is 12.2. The van der Waals surface area contributed by atoms with Gasteiger partial charge in [-0.15, -0.1) is 5.11 Å². The Kier molecular flexibility index (Phi) is 6.85. The van der Waals surface area contributed by atoms with Crippen LogP contribution in [0, 0.1) is 11.3 Å². The summed E-state index contributed by atoms with van der Waals surface area (Å²) < 4.78 is 11.0. The van der Waals surface area contributed by atoms with Gasteiger partial charge in [-0.25, -0.2) is 0 Å². The summed E-state index contributed by atoms with van der Waals surface area (Å²) in [6, 6.07) is 11.4. The number of nitrogens with zero attached hydrogens (tertiary/aromatic N) is 3. The maximum absolute atomic E-state index is 9.42. The maximum atomic E-state index is 9.42. The molecule has 1 aromatic rings. The van der Waals surface area contributed by atoms with E-state index >= 15 is 0 Å². The molecule has 0 radical (unpaired) electrons. The van der Waals surface area contributed by atoms with E-state index in [0.29, 0.717) is 25.3 Å². The Morgan fingerprint density at radius 3 is 2.50 bits per heavy atom. The third-order valence-corrected chi connectivity index (χ3v) is 2.66. The van der Waals surface area contributed by atoms with Gasteiger partial charge in [0.25, 0.3) is 5.72 Å². The van der Waals surface area contributed by atoms with Crippen molar-refractivity contribution in [3.8, 4) is 6.07 Å². The van der Waals surface area contributed by atoms with E-state index in [9.17, 15) is 5.26 Å². The van der Waals surface area contributed by atoms with Crippen LogP contribution in [0.2, 0.25) is 0 Å². The number of ether oxygens (including phenoxy) is 2. The molecule has 0 amide bonds. The number of nitriles is 1. The molecule has 108 valence electrons. The monoisotopic (exact) mass is 275 g/mol. The Morgan fingerprint density at radius 2 is 1.95 bits per heavy atom. The van der Waals surface area contributed by atoms with E-state index in [1.165, 1.54) is 0 Å². The lowest BCUT2D eigenvalue weighted by molar-refractivity contribution is -0.0418. The maximum Gasteiger partial charge on any atom is 0.269 e. The lowest BCUT2D eigenvalue weighted by Gasteiger charge is -2.24. The summed E-state index contributed by atoms with van der Waals surface area (Å²) in [7, 11) is 0. The second-order valence-electron chi connectivity index (χ2n) is 4.33. The molecule has 0 spiro atoms. The van der Waals surface area contributed by atoms with Gasteiger partial charge in [0.1, 0.15) is 6.07 Å². The first-order valence-electron chi connectivity index (χ1n) is 6.80. The summed E-state index contributed by atoms with van der Waals surface area (Å²) in [6.07, 6.45) is 0.225. The van der Waals surface area contributed by atoms with Gasteiger partial charge in [-0.3, -0.25) is 0 Å². The molecule has 20 heavy (non-hydrogen) atoms. The van der Waals surface area contributed by atoms with Crippen LogP contribution in [0.5, 0.6) is 0 Å². The average Bonchev–Trinajstić information content (AvgIpc) is 2.46. The van der Waals surface area contributed by atoms with Crippen LogP contribution in [-0.2, 0) is 9.47 Å². The van der Waals surface area contributed by atoms with Gasteiger partial charge in [0.05, 0.1) is 11.8 Å². The van der Waals surface area contributed by atoms with Gasteiger partial charge in [0.2, 0.25) is 0 Å². The van der Waals surface area contributed by atoms with Gasteiger partial charge in [-0.1, -0.05) is 18.2 Å². The van der Waals surface area contributed by atoms with E-state index in [2.05, 4.69) is 16.3 Å². The standard InChI is InChI=1S/C15H21N3O2/c1-4-19-13(3)11-15(12-16,20-5-2)18-17-14-9-7-6-8-10-14/h6-10,13H,4-5,11H2,1-3H3. The van der Waals surface area contributed by atoms with Crippen LogP contribution >= 0.6 is 0 Å². The van der Waals surface area contributed by atoms with Crippen LogP contribution in [0.15, 0.2) is 40.6 Å². The number of azo groups is 1. The molecule has 1 aromatic carbocycles. The van der Waals surface area contributed by atoms with Gasteiger partial charge < -0.3 is 9.47 Å². The fourth-order valence-electron chi connectivity index (χ4n) is 1.83. The predicted molar refractivity (Wildman–Crippen MR) is 76.6 cm³/mol. The molecule has 0 bridgehead atoms. The van der Waals surface area contributed by atoms with Crippen molar-refractivity contribution < 1.29 is 9.47 Å². The van der Waals surface area contributed by atoms with E-state index in [0.717, 1.165) is 0 Å². The van der Waals surface area contributed by atoms with Gasteiger partial charge in [0.15, 0.2) is 0 Å². The second-order valence-corrected chi connectivity index (χ2v) is 4.33. The molecule has 2 atom stereocenters. The largest absolute Gasteiger partial charge is 0.379 e. The van der Waals surface area contributed by atoms with E-state index < -0.39 is 5.72 Å². The van der Waals surface area contributed by atoms with Crippen LogP contribution in [0.25, 0.3) is 0 Å². The molecule has 0 saturated carbocycles. The Bertz CT molecular complexity index is 456. The van der Waals surface area contributed by atoms with Crippen molar-refractivity contribution >= 4 is 5.69 Å². The molecule has 0 aliphatic carbocycles. The Labute approximate surface area is 120 Å². The zero-order chi connectivity index (χ0) is 14.8. The SMILES string of the molecule is CCOC(C)CC(C#N)(N=Nc1ccccc1)OCC. The molecular formula is C15H21N3O2.